The third-order valence-electron chi connectivity index (χ3n) is 2.54. The van der Waals surface area contributed by atoms with Gasteiger partial charge in [-0.1, -0.05) is 23.2 Å². The standard InChI is InChI=1S/C13H11Cl2NO3/c1-2-19-13(18)10-5-8(6-17)16-12-9(10)3-7(14)4-11(12)15/h3-5,17H,2,6H2,1H3. The van der Waals surface area contributed by atoms with Crippen molar-refractivity contribution in [3.05, 3.63) is 39.5 Å². The Bertz CT molecular complexity index is 643. The number of carbonyl (C=O) groups is 1. The Labute approximate surface area is 119 Å². The van der Waals surface area contributed by atoms with Crippen LogP contribution >= 0.6 is 23.2 Å². The molecule has 0 fully saturated rings. The van der Waals surface area contributed by atoms with Crippen LogP contribution in [0.4, 0.5) is 0 Å². The zero-order valence-corrected chi connectivity index (χ0v) is 11.6. The minimum atomic E-state index is -0.497. The summed E-state index contributed by atoms with van der Waals surface area (Å²) in [6, 6.07) is 4.62. The molecular formula is C13H11Cl2NO3. The Morgan fingerprint density at radius 2 is 2.11 bits per heavy atom. The first kappa shape index (κ1) is 14.1. The van der Waals surface area contributed by atoms with Gasteiger partial charge < -0.3 is 9.84 Å². The number of ether oxygens (including phenoxy) is 1. The van der Waals surface area contributed by atoms with Crippen LogP contribution in [0.5, 0.6) is 0 Å². The fourth-order valence-electron chi connectivity index (χ4n) is 1.76. The number of fused-ring (bicyclic) bond motifs is 1. The number of nitrogens with zero attached hydrogens (tertiary/aromatic N) is 1. The largest absolute Gasteiger partial charge is 0.462 e. The molecule has 0 radical (unpaired) electrons. The Morgan fingerprint density at radius 3 is 2.74 bits per heavy atom. The number of aliphatic hydroxyl groups excluding tert-OH is 1. The fraction of sp³-hybridized carbons (Fsp3) is 0.231. The number of aromatic nitrogens is 1. The van der Waals surface area contributed by atoms with Gasteiger partial charge in [-0.25, -0.2) is 9.78 Å². The molecule has 100 valence electrons. The average molecular weight is 300 g/mol. The van der Waals surface area contributed by atoms with Crippen molar-refractivity contribution < 1.29 is 14.6 Å². The molecule has 0 aliphatic rings. The van der Waals surface area contributed by atoms with E-state index >= 15 is 0 Å². The van der Waals surface area contributed by atoms with Crippen LogP contribution in [0.1, 0.15) is 23.0 Å². The number of rotatable bonds is 3. The molecule has 0 bridgehead atoms. The van der Waals surface area contributed by atoms with Crippen molar-refractivity contribution in [1.82, 2.24) is 4.98 Å². The SMILES string of the molecule is CCOC(=O)c1cc(CO)nc2c(Cl)cc(Cl)cc12. The molecule has 6 heteroatoms. The molecule has 1 N–H and O–H groups in total. The second-order valence-corrected chi connectivity index (χ2v) is 4.67. The van der Waals surface area contributed by atoms with Crippen molar-refractivity contribution in [3.8, 4) is 0 Å². The van der Waals surface area contributed by atoms with E-state index in [0.717, 1.165) is 0 Å². The van der Waals surface area contributed by atoms with Crippen molar-refractivity contribution in [1.29, 1.82) is 0 Å². The van der Waals surface area contributed by atoms with Gasteiger partial charge in [0.25, 0.3) is 0 Å². The van der Waals surface area contributed by atoms with Crippen LogP contribution in [-0.2, 0) is 11.3 Å². The van der Waals surface area contributed by atoms with Gasteiger partial charge in [0.1, 0.15) is 0 Å². The van der Waals surface area contributed by atoms with Crippen LogP contribution in [0, 0.1) is 0 Å². The zero-order valence-electron chi connectivity index (χ0n) is 10.1. The van der Waals surface area contributed by atoms with Crippen molar-refractivity contribution in [2.75, 3.05) is 6.61 Å². The summed E-state index contributed by atoms with van der Waals surface area (Å²) >= 11 is 12.0. The number of esters is 1. The van der Waals surface area contributed by atoms with E-state index in [-0.39, 0.29) is 13.2 Å². The molecule has 0 unspecified atom stereocenters. The van der Waals surface area contributed by atoms with Crippen molar-refractivity contribution in [2.24, 2.45) is 0 Å². The normalized spacial score (nSPS) is 10.7. The molecule has 2 rings (SSSR count). The third-order valence-corrected chi connectivity index (χ3v) is 3.05. The predicted molar refractivity (Wildman–Crippen MR) is 73.6 cm³/mol. The summed E-state index contributed by atoms with van der Waals surface area (Å²) < 4.78 is 4.98. The maximum Gasteiger partial charge on any atom is 0.338 e. The minimum Gasteiger partial charge on any atom is -0.462 e. The Balaban J connectivity index is 2.75. The number of pyridine rings is 1. The summed E-state index contributed by atoms with van der Waals surface area (Å²) in [5, 5.41) is 10.4. The molecule has 0 saturated carbocycles. The molecule has 0 spiro atoms. The first-order valence-corrected chi connectivity index (χ1v) is 6.39. The summed E-state index contributed by atoms with van der Waals surface area (Å²) in [4.78, 5) is 16.1. The number of carbonyl (C=O) groups excluding carboxylic acids is 1. The predicted octanol–water partition coefficient (Wildman–Crippen LogP) is 3.21. The second kappa shape index (κ2) is 5.74. The molecule has 2 aromatic rings. The highest BCUT2D eigenvalue weighted by molar-refractivity contribution is 6.38. The van der Waals surface area contributed by atoms with Gasteiger partial charge in [-0.15, -0.1) is 0 Å². The van der Waals surface area contributed by atoms with Crippen LogP contribution in [0.25, 0.3) is 10.9 Å². The van der Waals surface area contributed by atoms with E-state index < -0.39 is 5.97 Å². The van der Waals surface area contributed by atoms with E-state index in [0.29, 0.717) is 32.2 Å². The molecular weight excluding hydrogens is 289 g/mol. The molecule has 0 atom stereocenters. The van der Waals surface area contributed by atoms with Crippen LogP contribution in [0.2, 0.25) is 10.0 Å². The Morgan fingerprint density at radius 1 is 1.37 bits per heavy atom. The van der Waals surface area contributed by atoms with Gasteiger partial charge in [0.2, 0.25) is 0 Å². The van der Waals surface area contributed by atoms with E-state index in [1.54, 1.807) is 13.0 Å². The van der Waals surface area contributed by atoms with Gasteiger partial charge in [-0.2, -0.15) is 0 Å². The molecule has 19 heavy (non-hydrogen) atoms. The van der Waals surface area contributed by atoms with Crippen molar-refractivity contribution >= 4 is 40.1 Å². The lowest BCUT2D eigenvalue weighted by molar-refractivity contribution is 0.0528. The molecule has 0 amide bonds. The van der Waals surface area contributed by atoms with E-state index in [1.165, 1.54) is 12.1 Å². The van der Waals surface area contributed by atoms with Crippen molar-refractivity contribution in [2.45, 2.75) is 13.5 Å². The third kappa shape index (κ3) is 2.81. The first-order chi connectivity index (χ1) is 9.06. The van der Waals surface area contributed by atoms with Gasteiger partial charge in [0.05, 0.1) is 35.0 Å². The second-order valence-electron chi connectivity index (χ2n) is 3.82. The summed E-state index contributed by atoms with van der Waals surface area (Å²) in [5.74, 6) is -0.497. The number of aliphatic hydroxyl groups is 1. The molecule has 1 aromatic heterocycles. The molecule has 1 heterocycles. The lowest BCUT2D eigenvalue weighted by Crippen LogP contribution is -2.07. The lowest BCUT2D eigenvalue weighted by atomic mass is 10.1. The monoisotopic (exact) mass is 299 g/mol. The maximum absolute atomic E-state index is 11.9. The fourth-order valence-corrected chi connectivity index (χ4v) is 2.30. The van der Waals surface area contributed by atoms with E-state index in [4.69, 9.17) is 27.9 Å². The molecule has 0 saturated heterocycles. The van der Waals surface area contributed by atoms with Crippen LogP contribution in [-0.4, -0.2) is 22.7 Å². The number of halogens is 2. The van der Waals surface area contributed by atoms with Gasteiger partial charge in [0.15, 0.2) is 0 Å². The van der Waals surface area contributed by atoms with Gasteiger partial charge in [-0.05, 0) is 25.1 Å². The summed E-state index contributed by atoms with van der Waals surface area (Å²) in [6.07, 6.45) is 0. The minimum absolute atomic E-state index is 0.255. The zero-order chi connectivity index (χ0) is 14.0. The summed E-state index contributed by atoms with van der Waals surface area (Å²) in [5.41, 5.74) is 1.06. The van der Waals surface area contributed by atoms with Gasteiger partial charge in [0, 0.05) is 10.4 Å². The maximum atomic E-state index is 11.9. The highest BCUT2D eigenvalue weighted by atomic mass is 35.5. The highest BCUT2D eigenvalue weighted by Gasteiger charge is 2.16. The van der Waals surface area contributed by atoms with E-state index in [2.05, 4.69) is 4.98 Å². The van der Waals surface area contributed by atoms with Crippen molar-refractivity contribution in [3.63, 3.8) is 0 Å². The van der Waals surface area contributed by atoms with Crippen LogP contribution in [0.15, 0.2) is 18.2 Å². The average Bonchev–Trinajstić information content (AvgIpc) is 2.38. The quantitative estimate of drug-likeness (QED) is 0.884. The lowest BCUT2D eigenvalue weighted by Gasteiger charge is -2.09. The molecule has 0 aliphatic carbocycles. The van der Waals surface area contributed by atoms with Crippen LogP contribution in [0.3, 0.4) is 0 Å². The Kier molecular flexibility index (Phi) is 4.24. The van der Waals surface area contributed by atoms with E-state index in [9.17, 15) is 9.90 Å². The summed E-state index contributed by atoms with van der Waals surface area (Å²) in [7, 11) is 0. The molecule has 1 aromatic carbocycles. The Hall–Kier alpha value is -1.36. The molecule has 4 nitrogen and oxygen atoms in total. The highest BCUT2D eigenvalue weighted by Crippen LogP contribution is 2.29. The first-order valence-electron chi connectivity index (χ1n) is 5.63. The number of hydrogen-bond donors (Lipinski definition) is 1. The topological polar surface area (TPSA) is 59.4 Å². The summed E-state index contributed by atoms with van der Waals surface area (Å²) in [6.45, 7) is 1.68. The number of benzene rings is 1. The van der Waals surface area contributed by atoms with E-state index in [1.807, 2.05) is 0 Å². The van der Waals surface area contributed by atoms with Gasteiger partial charge in [-0.3, -0.25) is 0 Å². The smallest absolute Gasteiger partial charge is 0.338 e. The van der Waals surface area contributed by atoms with Crippen LogP contribution < -0.4 is 0 Å². The number of hydrogen-bond acceptors (Lipinski definition) is 4. The molecule has 0 aliphatic heterocycles. The van der Waals surface area contributed by atoms with Gasteiger partial charge >= 0.3 is 5.97 Å².